The van der Waals surface area contributed by atoms with Crippen molar-refractivity contribution < 1.29 is 14.3 Å². The Morgan fingerprint density at radius 3 is 2.36 bits per heavy atom. The largest absolute Gasteiger partial charge is 0.493 e. The van der Waals surface area contributed by atoms with Crippen molar-refractivity contribution in [3.05, 3.63) is 59.2 Å². The SMILES string of the molecule is COc1cc2c(cc1OC)CN(C(=O)NCC(c1ccccc1)N(C)C)CC2. The summed E-state index contributed by atoms with van der Waals surface area (Å²) in [5.41, 5.74) is 3.50. The molecule has 28 heavy (non-hydrogen) atoms. The number of nitrogens with one attached hydrogen (secondary N) is 1. The van der Waals surface area contributed by atoms with Gasteiger partial charge in [-0.25, -0.2) is 4.79 Å². The molecule has 6 heteroatoms. The number of fused-ring (bicyclic) bond motifs is 1. The molecule has 2 amide bonds. The van der Waals surface area contributed by atoms with E-state index in [0.717, 1.165) is 17.7 Å². The van der Waals surface area contributed by atoms with Gasteiger partial charge in [-0.3, -0.25) is 0 Å². The Bertz CT molecular complexity index is 808. The Kier molecular flexibility index (Phi) is 6.41. The second-order valence-corrected chi connectivity index (χ2v) is 7.22. The number of ether oxygens (including phenoxy) is 2. The highest BCUT2D eigenvalue weighted by Gasteiger charge is 2.24. The first-order valence-electron chi connectivity index (χ1n) is 9.51. The molecule has 1 N–H and O–H groups in total. The lowest BCUT2D eigenvalue weighted by Crippen LogP contribution is -2.45. The Hall–Kier alpha value is -2.73. The zero-order valence-corrected chi connectivity index (χ0v) is 17.1. The van der Waals surface area contributed by atoms with Crippen molar-refractivity contribution in [2.75, 3.05) is 41.4 Å². The van der Waals surface area contributed by atoms with E-state index in [1.54, 1.807) is 14.2 Å². The van der Waals surface area contributed by atoms with Gasteiger partial charge < -0.3 is 24.6 Å². The number of rotatable bonds is 6. The molecule has 0 spiro atoms. The molecule has 1 unspecified atom stereocenters. The summed E-state index contributed by atoms with van der Waals surface area (Å²) in [4.78, 5) is 16.8. The molecular weight excluding hydrogens is 354 g/mol. The smallest absolute Gasteiger partial charge is 0.317 e. The van der Waals surface area contributed by atoms with Crippen LogP contribution in [-0.4, -0.2) is 57.2 Å². The number of carbonyl (C=O) groups is 1. The van der Waals surface area contributed by atoms with Crippen molar-refractivity contribution in [3.8, 4) is 11.5 Å². The zero-order valence-electron chi connectivity index (χ0n) is 17.1. The van der Waals surface area contributed by atoms with E-state index in [0.29, 0.717) is 25.4 Å². The van der Waals surface area contributed by atoms with Crippen LogP contribution in [-0.2, 0) is 13.0 Å². The van der Waals surface area contributed by atoms with Crippen LogP contribution in [0.25, 0.3) is 0 Å². The summed E-state index contributed by atoms with van der Waals surface area (Å²) >= 11 is 0. The molecule has 0 saturated heterocycles. The van der Waals surface area contributed by atoms with Crippen LogP contribution in [0.15, 0.2) is 42.5 Å². The van der Waals surface area contributed by atoms with Gasteiger partial charge in [0.05, 0.1) is 20.3 Å². The number of carbonyl (C=O) groups excluding carboxylic acids is 1. The summed E-state index contributed by atoms with van der Waals surface area (Å²) in [7, 11) is 7.32. The van der Waals surface area contributed by atoms with E-state index >= 15 is 0 Å². The van der Waals surface area contributed by atoms with Crippen LogP contribution in [0.5, 0.6) is 11.5 Å². The van der Waals surface area contributed by atoms with Gasteiger partial charge in [-0.2, -0.15) is 0 Å². The lowest BCUT2D eigenvalue weighted by atomic mass is 9.99. The molecule has 0 aromatic heterocycles. The molecule has 1 aliphatic rings. The molecule has 3 rings (SSSR count). The van der Waals surface area contributed by atoms with Crippen molar-refractivity contribution in [2.24, 2.45) is 0 Å². The van der Waals surface area contributed by atoms with Crippen LogP contribution in [0.3, 0.4) is 0 Å². The van der Waals surface area contributed by atoms with E-state index in [1.165, 1.54) is 11.1 Å². The van der Waals surface area contributed by atoms with Gasteiger partial charge in [0.15, 0.2) is 11.5 Å². The van der Waals surface area contributed by atoms with E-state index in [9.17, 15) is 4.79 Å². The number of methoxy groups -OCH3 is 2. The molecule has 0 bridgehead atoms. The van der Waals surface area contributed by atoms with Crippen molar-refractivity contribution in [3.63, 3.8) is 0 Å². The standard InChI is InChI=1S/C22H29N3O3/c1-24(2)19(16-8-6-5-7-9-16)14-23-22(26)25-11-10-17-12-20(27-3)21(28-4)13-18(17)15-25/h5-9,12-13,19H,10-11,14-15H2,1-4H3,(H,23,26). The van der Waals surface area contributed by atoms with Crippen molar-refractivity contribution >= 4 is 6.03 Å². The maximum Gasteiger partial charge on any atom is 0.317 e. The van der Waals surface area contributed by atoms with Crippen LogP contribution in [0.2, 0.25) is 0 Å². The highest BCUT2D eigenvalue weighted by Crippen LogP contribution is 2.33. The van der Waals surface area contributed by atoms with Gasteiger partial charge in [0.25, 0.3) is 0 Å². The second-order valence-electron chi connectivity index (χ2n) is 7.22. The number of hydrogen-bond acceptors (Lipinski definition) is 4. The molecule has 6 nitrogen and oxygen atoms in total. The fourth-order valence-corrected chi connectivity index (χ4v) is 3.63. The summed E-state index contributed by atoms with van der Waals surface area (Å²) in [5.74, 6) is 1.43. The summed E-state index contributed by atoms with van der Waals surface area (Å²) in [6.45, 7) is 1.82. The first-order chi connectivity index (χ1) is 13.5. The van der Waals surface area contributed by atoms with Gasteiger partial charge in [0.2, 0.25) is 0 Å². The third kappa shape index (κ3) is 4.39. The summed E-state index contributed by atoms with van der Waals surface area (Å²) < 4.78 is 10.8. The highest BCUT2D eigenvalue weighted by atomic mass is 16.5. The predicted molar refractivity (Wildman–Crippen MR) is 110 cm³/mol. The summed E-state index contributed by atoms with van der Waals surface area (Å²) in [6, 6.07) is 14.3. The van der Waals surface area contributed by atoms with Gasteiger partial charge in [-0.15, -0.1) is 0 Å². The van der Waals surface area contributed by atoms with Crippen LogP contribution >= 0.6 is 0 Å². The summed E-state index contributed by atoms with van der Waals surface area (Å²) in [6.07, 6.45) is 0.804. The fourth-order valence-electron chi connectivity index (χ4n) is 3.63. The Morgan fingerprint density at radius 1 is 1.11 bits per heavy atom. The van der Waals surface area contributed by atoms with Gasteiger partial charge in [-0.05, 0) is 49.3 Å². The highest BCUT2D eigenvalue weighted by molar-refractivity contribution is 5.74. The fraction of sp³-hybridized carbons (Fsp3) is 0.409. The number of hydrogen-bond donors (Lipinski definition) is 1. The topological polar surface area (TPSA) is 54.0 Å². The van der Waals surface area contributed by atoms with E-state index in [1.807, 2.05) is 49.3 Å². The quantitative estimate of drug-likeness (QED) is 0.833. The number of nitrogens with zero attached hydrogens (tertiary/aromatic N) is 2. The lowest BCUT2D eigenvalue weighted by Gasteiger charge is -2.31. The average molecular weight is 383 g/mol. The minimum atomic E-state index is -0.0387. The molecule has 0 saturated carbocycles. The third-order valence-corrected chi connectivity index (χ3v) is 5.26. The van der Waals surface area contributed by atoms with E-state index < -0.39 is 0 Å². The van der Waals surface area contributed by atoms with Crippen molar-refractivity contribution in [1.82, 2.24) is 15.1 Å². The van der Waals surface area contributed by atoms with Gasteiger partial charge >= 0.3 is 6.03 Å². The number of likely N-dealkylation sites (N-methyl/N-ethyl adjacent to an activating group) is 1. The Labute approximate surface area is 167 Å². The molecular formula is C22H29N3O3. The zero-order chi connectivity index (χ0) is 20.1. The molecule has 0 aliphatic carbocycles. The maximum absolute atomic E-state index is 12.8. The van der Waals surface area contributed by atoms with E-state index in [4.69, 9.17) is 9.47 Å². The second kappa shape index (κ2) is 8.97. The number of amides is 2. The Balaban J connectivity index is 1.66. The number of benzene rings is 2. The van der Waals surface area contributed by atoms with E-state index in [2.05, 4.69) is 22.3 Å². The van der Waals surface area contributed by atoms with Crippen molar-refractivity contribution in [1.29, 1.82) is 0 Å². The number of urea groups is 1. The van der Waals surface area contributed by atoms with Gasteiger partial charge in [0.1, 0.15) is 0 Å². The van der Waals surface area contributed by atoms with Crippen LogP contribution in [0.1, 0.15) is 22.7 Å². The molecule has 150 valence electrons. The minimum Gasteiger partial charge on any atom is -0.493 e. The molecule has 0 radical (unpaired) electrons. The molecule has 1 heterocycles. The van der Waals surface area contributed by atoms with Gasteiger partial charge in [-0.1, -0.05) is 30.3 Å². The van der Waals surface area contributed by atoms with E-state index in [-0.39, 0.29) is 12.1 Å². The van der Waals surface area contributed by atoms with Crippen LogP contribution in [0.4, 0.5) is 4.79 Å². The first-order valence-corrected chi connectivity index (χ1v) is 9.51. The molecule has 1 aliphatic heterocycles. The lowest BCUT2D eigenvalue weighted by molar-refractivity contribution is 0.187. The molecule has 2 aromatic rings. The monoisotopic (exact) mass is 383 g/mol. The predicted octanol–water partition coefficient (Wildman–Crippen LogP) is 3.07. The molecule has 2 aromatic carbocycles. The summed E-state index contributed by atoms with van der Waals surface area (Å²) in [5, 5.41) is 3.10. The van der Waals surface area contributed by atoms with Crippen molar-refractivity contribution in [2.45, 2.75) is 19.0 Å². The first kappa shape index (κ1) is 20.0. The maximum atomic E-state index is 12.8. The Morgan fingerprint density at radius 2 is 1.75 bits per heavy atom. The van der Waals surface area contributed by atoms with Crippen LogP contribution in [0, 0.1) is 0 Å². The van der Waals surface area contributed by atoms with Crippen LogP contribution < -0.4 is 14.8 Å². The normalized spacial score (nSPS) is 14.4. The minimum absolute atomic E-state index is 0.0387. The molecule has 1 atom stereocenters. The molecule has 0 fully saturated rings. The van der Waals surface area contributed by atoms with Gasteiger partial charge in [0, 0.05) is 19.6 Å². The average Bonchev–Trinajstić information content (AvgIpc) is 2.72. The third-order valence-electron chi connectivity index (χ3n) is 5.26.